The van der Waals surface area contributed by atoms with E-state index in [4.69, 9.17) is 11.5 Å². The van der Waals surface area contributed by atoms with Crippen LogP contribution in [-0.2, 0) is 4.79 Å². The summed E-state index contributed by atoms with van der Waals surface area (Å²) in [5.41, 5.74) is 9.87. The van der Waals surface area contributed by atoms with Gasteiger partial charge in [0, 0.05) is 23.6 Å². The van der Waals surface area contributed by atoms with Crippen LogP contribution in [0.15, 0.2) is 60.7 Å². The first-order valence-corrected chi connectivity index (χ1v) is 7.33. The Balaban J connectivity index is 2.27. The summed E-state index contributed by atoms with van der Waals surface area (Å²) in [6.07, 6.45) is -0.356. The third kappa shape index (κ3) is 3.40. The van der Waals surface area contributed by atoms with Crippen molar-refractivity contribution in [3.05, 3.63) is 71.8 Å². The van der Waals surface area contributed by atoms with E-state index in [0.29, 0.717) is 5.56 Å². The lowest BCUT2D eigenvalue weighted by atomic mass is 9.81. The number of hydrogen-bond acceptors (Lipinski definition) is 5. The summed E-state index contributed by atoms with van der Waals surface area (Å²) in [5, 5.41) is 9.48. The van der Waals surface area contributed by atoms with Crippen molar-refractivity contribution in [1.29, 1.82) is 0 Å². The van der Waals surface area contributed by atoms with E-state index in [1.54, 1.807) is 48.5 Å². The highest BCUT2D eigenvalue weighted by Gasteiger charge is 2.48. The van der Waals surface area contributed by atoms with Gasteiger partial charge in [0.25, 0.3) is 0 Å². The van der Waals surface area contributed by atoms with E-state index >= 15 is 0 Å². The largest absolute Gasteiger partial charge is 0.479 e. The molecule has 2 aromatic carbocycles. The van der Waals surface area contributed by atoms with Gasteiger partial charge in [-0.25, -0.2) is 4.79 Å². The highest BCUT2D eigenvalue weighted by Crippen LogP contribution is 2.19. The van der Waals surface area contributed by atoms with Gasteiger partial charge in [-0.2, -0.15) is 0 Å². The number of carboxylic acids is 1. The maximum Gasteiger partial charge on any atom is 0.333 e. The maximum absolute atomic E-state index is 12.6. The maximum atomic E-state index is 12.6. The second-order valence-corrected chi connectivity index (χ2v) is 5.47. The summed E-state index contributed by atoms with van der Waals surface area (Å²) in [5.74, 6) is -2.77. The van der Waals surface area contributed by atoms with Crippen LogP contribution >= 0.6 is 0 Å². The number of Topliss-reactive ketones (excluding diaryl/α,β-unsaturated/α-hetero) is 2. The molecule has 0 aliphatic carbocycles. The standard InChI is InChI=1S/C18H18N2O4/c19-15(11-14(21)12-7-3-1-4-8-12)18(20,17(23)24)16(22)13-9-5-2-6-10-13/h1-10,15H,11,19-20H2,(H,23,24). The van der Waals surface area contributed by atoms with Crippen molar-refractivity contribution >= 4 is 17.5 Å². The van der Waals surface area contributed by atoms with Crippen LogP contribution in [0.25, 0.3) is 0 Å². The molecule has 6 heteroatoms. The Morgan fingerprint density at radius 2 is 1.38 bits per heavy atom. The lowest BCUT2D eigenvalue weighted by molar-refractivity contribution is -0.142. The van der Waals surface area contributed by atoms with Crippen LogP contribution in [0.1, 0.15) is 27.1 Å². The predicted octanol–water partition coefficient (Wildman–Crippen LogP) is 1.25. The molecule has 0 radical (unpaired) electrons. The van der Waals surface area contributed by atoms with Crippen LogP contribution in [-0.4, -0.2) is 34.2 Å². The summed E-state index contributed by atoms with van der Waals surface area (Å²) in [7, 11) is 0. The number of carbonyl (C=O) groups is 3. The first kappa shape index (κ1) is 17.5. The van der Waals surface area contributed by atoms with E-state index < -0.39 is 23.3 Å². The molecule has 0 aromatic heterocycles. The Hall–Kier alpha value is -2.83. The molecule has 124 valence electrons. The van der Waals surface area contributed by atoms with Crippen molar-refractivity contribution in [2.75, 3.05) is 0 Å². The quantitative estimate of drug-likeness (QED) is 0.520. The zero-order valence-corrected chi connectivity index (χ0v) is 12.9. The molecule has 0 aliphatic rings. The fourth-order valence-corrected chi connectivity index (χ4v) is 2.36. The molecular weight excluding hydrogens is 308 g/mol. The summed E-state index contributed by atoms with van der Waals surface area (Å²) in [6, 6.07) is 14.7. The minimum absolute atomic E-state index is 0.130. The monoisotopic (exact) mass is 326 g/mol. The average molecular weight is 326 g/mol. The van der Waals surface area contributed by atoms with Crippen molar-refractivity contribution in [3.8, 4) is 0 Å². The first-order valence-electron chi connectivity index (χ1n) is 7.33. The molecule has 0 amide bonds. The minimum atomic E-state index is -2.38. The van der Waals surface area contributed by atoms with Crippen LogP contribution in [0, 0.1) is 0 Å². The fourth-order valence-electron chi connectivity index (χ4n) is 2.36. The summed E-state index contributed by atoms with van der Waals surface area (Å²) >= 11 is 0. The molecule has 0 heterocycles. The van der Waals surface area contributed by atoms with Crippen molar-refractivity contribution in [2.24, 2.45) is 11.5 Å². The van der Waals surface area contributed by atoms with E-state index in [2.05, 4.69) is 0 Å². The molecule has 6 nitrogen and oxygen atoms in total. The van der Waals surface area contributed by atoms with E-state index in [1.165, 1.54) is 12.1 Å². The summed E-state index contributed by atoms with van der Waals surface area (Å²) < 4.78 is 0. The van der Waals surface area contributed by atoms with Gasteiger partial charge in [-0.15, -0.1) is 0 Å². The zero-order valence-electron chi connectivity index (χ0n) is 12.9. The van der Waals surface area contributed by atoms with Crippen molar-refractivity contribution in [1.82, 2.24) is 0 Å². The number of carbonyl (C=O) groups excluding carboxylic acids is 2. The Labute approximate surface area is 139 Å². The van der Waals surface area contributed by atoms with Gasteiger partial charge in [0.2, 0.25) is 0 Å². The fraction of sp³-hybridized carbons (Fsp3) is 0.167. The Morgan fingerprint density at radius 3 is 1.83 bits per heavy atom. The number of rotatable bonds is 7. The number of hydrogen-bond donors (Lipinski definition) is 3. The second-order valence-electron chi connectivity index (χ2n) is 5.47. The number of nitrogens with two attached hydrogens (primary N) is 2. The molecule has 0 saturated heterocycles. The van der Waals surface area contributed by atoms with Crippen LogP contribution < -0.4 is 11.5 Å². The van der Waals surface area contributed by atoms with Gasteiger partial charge in [-0.3, -0.25) is 9.59 Å². The molecule has 0 spiro atoms. The van der Waals surface area contributed by atoms with Gasteiger partial charge in [0.1, 0.15) is 0 Å². The summed E-state index contributed by atoms with van der Waals surface area (Å²) in [4.78, 5) is 36.5. The van der Waals surface area contributed by atoms with Gasteiger partial charge >= 0.3 is 5.97 Å². The molecule has 2 unspecified atom stereocenters. The normalized spacial score (nSPS) is 14.4. The molecule has 0 fully saturated rings. The molecule has 5 N–H and O–H groups in total. The van der Waals surface area contributed by atoms with Crippen LogP contribution in [0.5, 0.6) is 0 Å². The predicted molar refractivity (Wildman–Crippen MR) is 88.7 cm³/mol. The third-order valence-corrected chi connectivity index (χ3v) is 3.85. The van der Waals surface area contributed by atoms with Gasteiger partial charge < -0.3 is 16.6 Å². The number of ketones is 2. The van der Waals surface area contributed by atoms with Gasteiger partial charge in [-0.05, 0) is 0 Å². The van der Waals surface area contributed by atoms with E-state index in [-0.39, 0.29) is 17.8 Å². The van der Waals surface area contributed by atoms with Crippen molar-refractivity contribution in [3.63, 3.8) is 0 Å². The van der Waals surface area contributed by atoms with E-state index in [1.807, 2.05) is 0 Å². The third-order valence-electron chi connectivity index (χ3n) is 3.85. The SMILES string of the molecule is NC(CC(=O)c1ccccc1)C(N)(C(=O)O)C(=O)c1ccccc1. The van der Waals surface area contributed by atoms with Crippen molar-refractivity contribution in [2.45, 2.75) is 18.0 Å². The molecule has 0 bridgehead atoms. The highest BCUT2D eigenvalue weighted by atomic mass is 16.4. The van der Waals surface area contributed by atoms with Crippen LogP contribution in [0.4, 0.5) is 0 Å². The van der Waals surface area contributed by atoms with Gasteiger partial charge in [0.15, 0.2) is 17.1 Å². The number of aliphatic carboxylic acids is 1. The second kappa shape index (κ2) is 7.16. The lowest BCUT2D eigenvalue weighted by Gasteiger charge is -2.29. The zero-order chi connectivity index (χ0) is 17.7. The Kier molecular flexibility index (Phi) is 5.23. The Bertz CT molecular complexity index is 746. The number of benzene rings is 2. The lowest BCUT2D eigenvalue weighted by Crippen LogP contribution is -2.66. The molecule has 24 heavy (non-hydrogen) atoms. The topological polar surface area (TPSA) is 123 Å². The average Bonchev–Trinajstić information content (AvgIpc) is 2.61. The first-order chi connectivity index (χ1) is 11.4. The smallest absolute Gasteiger partial charge is 0.333 e. The van der Waals surface area contributed by atoms with Gasteiger partial charge in [-0.1, -0.05) is 60.7 Å². The summed E-state index contributed by atoms with van der Waals surface area (Å²) in [6.45, 7) is 0. The Morgan fingerprint density at radius 1 is 0.917 bits per heavy atom. The van der Waals surface area contributed by atoms with Crippen molar-refractivity contribution < 1.29 is 19.5 Å². The van der Waals surface area contributed by atoms with E-state index in [0.717, 1.165) is 0 Å². The van der Waals surface area contributed by atoms with Gasteiger partial charge in [0.05, 0.1) is 0 Å². The molecule has 0 saturated carbocycles. The molecule has 2 aromatic rings. The molecule has 0 aliphatic heterocycles. The number of carboxylic acid groups (broad SMARTS) is 1. The molecule has 2 atom stereocenters. The van der Waals surface area contributed by atoms with Crippen LogP contribution in [0.2, 0.25) is 0 Å². The highest BCUT2D eigenvalue weighted by molar-refractivity contribution is 6.17. The van der Waals surface area contributed by atoms with Crippen LogP contribution in [0.3, 0.4) is 0 Å². The molecule has 2 rings (SSSR count). The molecular formula is C18H18N2O4. The minimum Gasteiger partial charge on any atom is -0.479 e. The van der Waals surface area contributed by atoms with E-state index in [9.17, 15) is 19.5 Å².